The number of piperidine rings is 1. The molecule has 3 rings (SSSR count). The Morgan fingerprint density at radius 2 is 1.89 bits per heavy atom. The van der Waals surface area contributed by atoms with E-state index in [1.165, 1.54) is 24.2 Å². The van der Waals surface area contributed by atoms with Crippen molar-refractivity contribution < 1.29 is 0 Å². The Kier molecular flexibility index (Phi) is 3.16. The first kappa shape index (κ1) is 11.8. The maximum atomic E-state index is 3.62. The molecular formula is C15H23N3. The van der Waals surface area contributed by atoms with Crippen LogP contribution in [0.3, 0.4) is 0 Å². The average molecular weight is 245 g/mol. The molecule has 18 heavy (non-hydrogen) atoms. The predicted molar refractivity (Wildman–Crippen MR) is 77.5 cm³/mol. The second kappa shape index (κ2) is 4.81. The number of hydrogen-bond donors (Lipinski definition) is 1. The number of fused-ring (bicyclic) bond motifs is 1. The van der Waals surface area contributed by atoms with E-state index in [0.717, 1.165) is 19.6 Å². The smallest absolute Gasteiger partial charge is 0.0607 e. The molecule has 1 aromatic carbocycles. The van der Waals surface area contributed by atoms with Gasteiger partial charge in [-0.1, -0.05) is 12.1 Å². The fraction of sp³-hybridized carbons (Fsp3) is 0.600. The van der Waals surface area contributed by atoms with Gasteiger partial charge in [0.05, 0.1) is 11.4 Å². The molecule has 0 bridgehead atoms. The first-order valence-electron chi connectivity index (χ1n) is 7.06. The summed E-state index contributed by atoms with van der Waals surface area (Å²) in [5.41, 5.74) is 2.79. The summed E-state index contributed by atoms with van der Waals surface area (Å²) < 4.78 is 0. The molecule has 0 spiro atoms. The lowest BCUT2D eigenvalue weighted by atomic mass is 9.99. The van der Waals surface area contributed by atoms with Gasteiger partial charge >= 0.3 is 0 Å². The van der Waals surface area contributed by atoms with Crippen LogP contribution in [0.4, 0.5) is 11.4 Å². The SMILES string of the molecule is CC1CCC(N2CCN(C)c3ccccc32)CN1. The van der Waals surface area contributed by atoms with Crippen molar-refractivity contribution in [3.8, 4) is 0 Å². The van der Waals surface area contributed by atoms with Crippen molar-refractivity contribution >= 4 is 11.4 Å². The van der Waals surface area contributed by atoms with Crippen LogP contribution in [0.5, 0.6) is 0 Å². The molecule has 1 fully saturated rings. The van der Waals surface area contributed by atoms with Crippen LogP contribution in [0, 0.1) is 0 Å². The minimum Gasteiger partial charge on any atom is -0.371 e. The van der Waals surface area contributed by atoms with Crippen molar-refractivity contribution in [2.45, 2.75) is 31.8 Å². The van der Waals surface area contributed by atoms with Gasteiger partial charge in [-0.25, -0.2) is 0 Å². The Hall–Kier alpha value is -1.22. The largest absolute Gasteiger partial charge is 0.371 e. The normalized spacial score (nSPS) is 28.1. The summed E-state index contributed by atoms with van der Waals surface area (Å²) in [6.07, 6.45) is 2.60. The topological polar surface area (TPSA) is 18.5 Å². The van der Waals surface area contributed by atoms with E-state index in [0.29, 0.717) is 12.1 Å². The van der Waals surface area contributed by atoms with Gasteiger partial charge in [0.1, 0.15) is 0 Å². The zero-order chi connectivity index (χ0) is 12.5. The standard InChI is InChI=1S/C15H23N3/c1-12-7-8-13(11-16-12)18-10-9-17(2)14-5-3-4-6-15(14)18/h3-6,12-13,16H,7-11H2,1-2H3. The summed E-state index contributed by atoms with van der Waals surface area (Å²) in [6.45, 7) is 5.69. The van der Waals surface area contributed by atoms with Crippen molar-refractivity contribution in [2.75, 3.05) is 36.5 Å². The lowest BCUT2D eigenvalue weighted by Gasteiger charge is -2.44. The summed E-state index contributed by atoms with van der Waals surface area (Å²) in [5, 5.41) is 3.62. The van der Waals surface area contributed by atoms with Crippen LogP contribution < -0.4 is 15.1 Å². The van der Waals surface area contributed by atoms with Gasteiger partial charge in [0.25, 0.3) is 0 Å². The van der Waals surface area contributed by atoms with Crippen LogP contribution in [-0.2, 0) is 0 Å². The van der Waals surface area contributed by atoms with Crippen LogP contribution in [0.25, 0.3) is 0 Å². The lowest BCUT2D eigenvalue weighted by Crippen LogP contribution is -2.52. The summed E-state index contributed by atoms with van der Waals surface area (Å²) in [7, 11) is 2.19. The fourth-order valence-corrected chi connectivity index (χ4v) is 3.16. The van der Waals surface area contributed by atoms with E-state index in [-0.39, 0.29) is 0 Å². The quantitative estimate of drug-likeness (QED) is 0.817. The van der Waals surface area contributed by atoms with Crippen LogP contribution in [0.15, 0.2) is 24.3 Å². The molecule has 0 amide bonds. The number of nitrogens with zero attached hydrogens (tertiary/aromatic N) is 2. The molecule has 1 aromatic rings. The lowest BCUT2D eigenvalue weighted by molar-refractivity contribution is 0.367. The molecule has 1 saturated heterocycles. The number of likely N-dealkylation sites (N-methyl/N-ethyl adjacent to an activating group) is 1. The molecule has 3 nitrogen and oxygen atoms in total. The summed E-state index contributed by atoms with van der Waals surface area (Å²) in [5.74, 6) is 0. The van der Waals surface area contributed by atoms with Crippen LogP contribution >= 0.6 is 0 Å². The number of nitrogens with one attached hydrogen (secondary N) is 1. The third kappa shape index (κ3) is 2.07. The van der Waals surface area contributed by atoms with E-state index in [9.17, 15) is 0 Å². The molecular weight excluding hydrogens is 222 g/mol. The maximum Gasteiger partial charge on any atom is 0.0607 e. The van der Waals surface area contributed by atoms with Gasteiger partial charge < -0.3 is 15.1 Å². The third-order valence-corrected chi connectivity index (χ3v) is 4.35. The van der Waals surface area contributed by atoms with E-state index in [1.54, 1.807) is 0 Å². The van der Waals surface area contributed by atoms with Crippen molar-refractivity contribution in [2.24, 2.45) is 0 Å². The van der Waals surface area contributed by atoms with Crippen molar-refractivity contribution in [1.29, 1.82) is 0 Å². The highest BCUT2D eigenvalue weighted by molar-refractivity contribution is 5.73. The Bertz CT molecular complexity index is 410. The minimum absolute atomic E-state index is 0.663. The molecule has 0 aliphatic carbocycles. The summed E-state index contributed by atoms with van der Waals surface area (Å²) in [4.78, 5) is 4.97. The fourth-order valence-electron chi connectivity index (χ4n) is 3.16. The number of hydrogen-bond acceptors (Lipinski definition) is 3. The third-order valence-electron chi connectivity index (χ3n) is 4.35. The van der Waals surface area contributed by atoms with Crippen molar-refractivity contribution in [3.05, 3.63) is 24.3 Å². The molecule has 1 N–H and O–H groups in total. The Labute approximate surface area is 110 Å². The van der Waals surface area contributed by atoms with Crippen LogP contribution in [0.2, 0.25) is 0 Å². The van der Waals surface area contributed by atoms with Crippen molar-refractivity contribution in [3.63, 3.8) is 0 Å². The average Bonchev–Trinajstić information content (AvgIpc) is 2.41. The summed E-state index contributed by atoms with van der Waals surface area (Å²) >= 11 is 0. The highest BCUT2D eigenvalue weighted by Gasteiger charge is 2.28. The zero-order valence-electron chi connectivity index (χ0n) is 11.4. The van der Waals surface area contributed by atoms with Gasteiger partial charge in [0.15, 0.2) is 0 Å². The maximum absolute atomic E-state index is 3.62. The second-order valence-corrected chi connectivity index (χ2v) is 5.64. The van der Waals surface area contributed by atoms with Crippen molar-refractivity contribution in [1.82, 2.24) is 5.32 Å². The Morgan fingerprint density at radius 3 is 2.61 bits per heavy atom. The number of benzene rings is 1. The highest BCUT2D eigenvalue weighted by Crippen LogP contribution is 2.34. The van der Waals surface area contributed by atoms with Gasteiger partial charge in [-0.15, -0.1) is 0 Å². The highest BCUT2D eigenvalue weighted by atomic mass is 15.3. The zero-order valence-corrected chi connectivity index (χ0v) is 11.4. The first-order chi connectivity index (χ1) is 8.75. The minimum atomic E-state index is 0.663. The van der Waals surface area contributed by atoms with Gasteiger partial charge in [-0.3, -0.25) is 0 Å². The van der Waals surface area contributed by atoms with Gasteiger partial charge in [-0.2, -0.15) is 0 Å². The van der Waals surface area contributed by atoms with Gasteiger partial charge in [0, 0.05) is 38.8 Å². The van der Waals surface area contributed by atoms with Gasteiger partial charge in [-0.05, 0) is 31.9 Å². The molecule has 98 valence electrons. The molecule has 0 aromatic heterocycles. The van der Waals surface area contributed by atoms with E-state index < -0.39 is 0 Å². The molecule has 2 aliphatic rings. The van der Waals surface area contributed by atoms with E-state index in [1.807, 2.05) is 0 Å². The van der Waals surface area contributed by atoms with E-state index >= 15 is 0 Å². The summed E-state index contributed by atoms with van der Waals surface area (Å²) in [6, 6.07) is 10.1. The molecule has 0 saturated carbocycles. The molecule has 2 atom stereocenters. The molecule has 2 aliphatic heterocycles. The molecule has 3 heteroatoms. The molecule has 2 unspecified atom stereocenters. The second-order valence-electron chi connectivity index (χ2n) is 5.64. The number of rotatable bonds is 1. The van der Waals surface area contributed by atoms with Crippen LogP contribution in [-0.4, -0.2) is 38.8 Å². The van der Waals surface area contributed by atoms with E-state index in [4.69, 9.17) is 0 Å². The first-order valence-corrected chi connectivity index (χ1v) is 7.06. The molecule has 0 radical (unpaired) electrons. The van der Waals surface area contributed by atoms with E-state index in [2.05, 4.69) is 53.4 Å². The van der Waals surface area contributed by atoms with Crippen LogP contribution in [0.1, 0.15) is 19.8 Å². The Morgan fingerprint density at radius 1 is 1.11 bits per heavy atom. The number of anilines is 2. The predicted octanol–water partition coefficient (Wildman–Crippen LogP) is 2.08. The molecule has 2 heterocycles. The Balaban J connectivity index is 1.84. The van der Waals surface area contributed by atoms with Gasteiger partial charge in [0.2, 0.25) is 0 Å². The monoisotopic (exact) mass is 245 g/mol. The number of para-hydroxylation sites is 2.